The largest absolute Gasteiger partial charge is 0.328 e. The van der Waals surface area contributed by atoms with Crippen molar-refractivity contribution in [3.05, 3.63) is 23.7 Å². The van der Waals surface area contributed by atoms with Crippen molar-refractivity contribution in [2.75, 3.05) is 0 Å². The molecule has 0 aromatic carbocycles. The first-order valence-corrected chi connectivity index (χ1v) is 5.60. The quantitative estimate of drug-likeness (QED) is 0.836. The highest BCUT2D eigenvalue weighted by Gasteiger charge is 2.06. The second kappa shape index (κ2) is 4.57. The molecule has 86 valence electrons. The Morgan fingerprint density at radius 1 is 1.38 bits per heavy atom. The Kier molecular flexibility index (Phi) is 3.14. The minimum absolute atomic E-state index is 0.244. The zero-order chi connectivity index (χ0) is 11.5. The highest BCUT2D eigenvalue weighted by Crippen LogP contribution is 2.06. The Bertz CT molecular complexity index is 474. The molecular weight excluding hydrogens is 202 g/mol. The van der Waals surface area contributed by atoms with Crippen molar-refractivity contribution in [1.82, 2.24) is 19.8 Å². The van der Waals surface area contributed by atoms with Crippen LogP contribution < -0.4 is 5.73 Å². The van der Waals surface area contributed by atoms with Crippen molar-refractivity contribution >= 4 is 5.65 Å². The van der Waals surface area contributed by atoms with E-state index in [1.165, 1.54) is 0 Å². The first-order valence-electron chi connectivity index (χ1n) is 5.60. The van der Waals surface area contributed by atoms with Gasteiger partial charge in [-0.05, 0) is 38.8 Å². The van der Waals surface area contributed by atoms with E-state index >= 15 is 0 Å². The van der Waals surface area contributed by atoms with Gasteiger partial charge in [0, 0.05) is 12.5 Å². The molecule has 5 nitrogen and oxygen atoms in total. The molecule has 0 bridgehead atoms. The van der Waals surface area contributed by atoms with Gasteiger partial charge in [-0.15, -0.1) is 10.2 Å². The first-order chi connectivity index (χ1) is 7.66. The van der Waals surface area contributed by atoms with Crippen LogP contribution in [0.1, 0.15) is 31.3 Å². The second-order valence-corrected chi connectivity index (χ2v) is 4.23. The molecule has 0 aliphatic rings. The number of rotatable bonds is 4. The van der Waals surface area contributed by atoms with Crippen molar-refractivity contribution in [2.45, 2.75) is 39.2 Å². The van der Waals surface area contributed by atoms with E-state index < -0.39 is 0 Å². The standard InChI is InChI=1S/C11H17N5/c1-8(12)4-3-5-10-13-14-11-7-6-9(2)15-16(10)11/h6-8H,3-5,12H2,1-2H3. The van der Waals surface area contributed by atoms with Crippen LogP contribution in [0, 0.1) is 6.92 Å². The summed E-state index contributed by atoms with van der Waals surface area (Å²) in [7, 11) is 0. The van der Waals surface area contributed by atoms with Gasteiger partial charge in [0.2, 0.25) is 0 Å². The lowest BCUT2D eigenvalue weighted by atomic mass is 10.1. The van der Waals surface area contributed by atoms with Gasteiger partial charge in [0.1, 0.15) is 0 Å². The van der Waals surface area contributed by atoms with E-state index in [-0.39, 0.29) is 6.04 Å². The van der Waals surface area contributed by atoms with Gasteiger partial charge in [0.25, 0.3) is 0 Å². The smallest absolute Gasteiger partial charge is 0.177 e. The lowest BCUT2D eigenvalue weighted by Gasteiger charge is -2.03. The molecule has 0 amide bonds. The third kappa shape index (κ3) is 2.36. The highest BCUT2D eigenvalue weighted by molar-refractivity contribution is 5.35. The Morgan fingerprint density at radius 2 is 2.19 bits per heavy atom. The second-order valence-electron chi connectivity index (χ2n) is 4.23. The van der Waals surface area contributed by atoms with Crippen LogP contribution in [0.15, 0.2) is 12.1 Å². The van der Waals surface area contributed by atoms with Gasteiger partial charge in [0.15, 0.2) is 11.5 Å². The van der Waals surface area contributed by atoms with Crippen LogP contribution in [-0.4, -0.2) is 25.9 Å². The van der Waals surface area contributed by atoms with Crippen LogP contribution in [-0.2, 0) is 6.42 Å². The monoisotopic (exact) mass is 219 g/mol. The molecule has 2 rings (SSSR count). The predicted molar refractivity (Wildman–Crippen MR) is 62.1 cm³/mol. The van der Waals surface area contributed by atoms with E-state index in [9.17, 15) is 0 Å². The Hall–Kier alpha value is -1.49. The molecule has 2 aromatic rings. The third-order valence-electron chi connectivity index (χ3n) is 2.52. The normalized spacial score (nSPS) is 13.2. The Morgan fingerprint density at radius 3 is 2.94 bits per heavy atom. The number of hydrogen-bond donors (Lipinski definition) is 1. The van der Waals surface area contributed by atoms with Gasteiger partial charge >= 0.3 is 0 Å². The van der Waals surface area contributed by atoms with E-state index in [4.69, 9.17) is 5.73 Å². The molecule has 1 unspecified atom stereocenters. The van der Waals surface area contributed by atoms with Gasteiger partial charge < -0.3 is 5.73 Å². The molecule has 0 aliphatic heterocycles. The molecule has 0 radical (unpaired) electrons. The fourth-order valence-corrected chi connectivity index (χ4v) is 1.66. The summed E-state index contributed by atoms with van der Waals surface area (Å²) in [6, 6.07) is 4.12. The maximum absolute atomic E-state index is 5.71. The fourth-order valence-electron chi connectivity index (χ4n) is 1.66. The van der Waals surface area contributed by atoms with Crippen LogP contribution >= 0.6 is 0 Å². The zero-order valence-electron chi connectivity index (χ0n) is 9.72. The molecule has 2 N–H and O–H groups in total. The number of fused-ring (bicyclic) bond motifs is 1. The summed E-state index contributed by atoms with van der Waals surface area (Å²) < 4.78 is 1.82. The Balaban J connectivity index is 2.15. The molecule has 16 heavy (non-hydrogen) atoms. The lowest BCUT2D eigenvalue weighted by Crippen LogP contribution is -2.14. The molecule has 5 heteroatoms. The summed E-state index contributed by atoms with van der Waals surface area (Å²) in [6.45, 7) is 3.98. The predicted octanol–water partition coefficient (Wildman–Crippen LogP) is 1.10. The lowest BCUT2D eigenvalue weighted by molar-refractivity contribution is 0.606. The van der Waals surface area contributed by atoms with E-state index in [0.29, 0.717) is 0 Å². The summed E-state index contributed by atoms with van der Waals surface area (Å²) in [5.41, 5.74) is 7.49. The third-order valence-corrected chi connectivity index (χ3v) is 2.52. The summed E-state index contributed by atoms with van der Waals surface area (Å²) in [6.07, 6.45) is 2.90. The summed E-state index contributed by atoms with van der Waals surface area (Å²) >= 11 is 0. The molecular formula is C11H17N5. The average molecular weight is 219 g/mol. The van der Waals surface area contributed by atoms with E-state index in [1.807, 2.05) is 30.5 Å². The fraction of sp³-hybridized carbons (Fsp3) is 0.545. The average Bonchev–Trinajstić information content (AvgIpc) is 2.60. The van der Waals surface area contributed by atoms with Crippen LogP contribution in [0.5, 0.6) is 0 Å². The maximum atomic E-state index is 5.71. The number of aryl methyl sites for hydroxylation is 2. The van der Waals surface area contributed by atoms with Gasteiger partial charge in [-0.25, -0.2) is 0 Å². The van der Waals surface area contributed by atoms with E-state index in [0.717, 1.165) is 36.4 Å². The molecule has 0 fully saturated rings. The van der Waals surface area contributed by atoms with Crippen LogP contribution in [0.25, 0.3) is 5.65 Å². The molecule has 2 aromatic heterocycles. The highest BCUT2D eigenvalue weighted by atomic mass is 15.4. The van der Waals surface area contributed by atoms with E-state index in [2.05, 4.69) is 15.3 Å². The van der Waals surface area contributed by atoms with Crippen molar-refractivity contribution < 1.29 is 0 Å². The minimum Gasteiger partial charge on any atom is -0.328 e. The summed E-state index contributed by atoms with van der Waals surface area (Å²) in [5, 5.41) is 12.6. The molecule has 0 spiro atoms. The van der Waals surface area contributed by atoms with Crippen LogP contribution in [0.2, 0.25) is 0 Å². The number of aromatic nitrogens is 4. The van der Waals surface area contributed by atoms with Crippen molar-refractivity contribution in [3.63, 3.8) is 0 Å². The van der Waals surface area contributed by atoms with Crippen molar-refractivity contribution in [2.24, 2.45) is 5.73 Å². The molecule has 1 atom stereocenters. The first kappa shape index (κ1) is 11.0. The van der Waals surface area contributed by atoms with Crippen LogP contribution in [0.4, 0.5) is 0 Å². The van der Waals surface area contributed by atoms with Gasteiger partial charge in [-0.2, -0.15) is 9.61 Å². The van der Waals surface area contributed by atoms with Gasteiger partial charge in [-0.1, -0.05) is 0 Å². The number of nitrogens with zero attached hydrogens (tertiary/aromatic N) is 4. The number of hydrogen-bond acceptors (Lipinski definition) is 4. The van der Waals surface area contributed by atoms with Gasteiger partial charge in [0.05, 0.1) is 5.69 Å². The van der Waals surface area contributed by atoms with Gasteiger partial charge in [-0.3, -0.25) is 0 Å². The molecule has 2 heterocycles. The topological polar surface area (TPSA) is 69.1 Å². The SMILES string of the molecule is Cc1ccc2nnc(CCCC(C)N)n2n1. The van der Waals surface area contributed by atoms with Crippen molar-refractivity contribution in [3.8, 4) is 0 Å². The Labute approximate surface area is 94.7 Å². The van der Waals surface area contributed by atoms with E-state index in [1.54, 1.807) is 0 Å². The summed E-state index contributed by atoms with van der Waals surface area (Å²) in [5.74, 6) is 0.916. The molecule has 0 saturated carbocycles. The van der Waals surface area contributed by atoms with Crippen LogP contribution in [0.3, 0.4) is 0 Å². The summed E-state index contributed by atoms with van der Waals surface area (Å²) in [4.78, 5) is 0. The molecule has 0 saturated heterocycles. The zero-order valence-corrected chi connectivity index (χ0v) is 9.72. The minimum atomic E-state index is 0.244. The molecule has 0 aliphatic carbocycles. The number of nitrogens with two attached hydrogens (primary N) is 1. The van der Waals surface area contributed by atoms with Crippen molar-refractivity contribution in [1.29, 1.82) is 0 Å². The maximum Gasteiger partial charge on any atom is 0.177 e.